The molecule has 21 heavy (non-hydrogen) atoms. The summed E-state index contributed by atoms with van der Waals surface area (Å²) < 4.78 is 0. The van der Waals surface area contributed by atoms with E-state index in [4.69, 9.17) is 11.6 Å². The van der Waals surface area contributed by atoms with Gasteiger partial charge in [0, 0.05) is 15.6 Å². The average Bonchev–Trinajstić information content (AvgIpc) is 2.40. The molecule has 4 heteroatoms. The Kier molecular flexibility index (Phi) is 5.32. The van der Waals surface area contributed by atoms with Gasteiger partial charge in [0.15, 0.2) is 0 Å². The van der Waals surface area contributed by atoms with Crippen LogP contribution in [0.2, 0.25) is 5.02 Å². The summed E-state index contributed by atoms with van der Waals surface area (Å²) >= 11 is 7.38. The molecule has 0 aliphatic heterocycles. The van der Waals surface area contributed by atoms with E-state index in [0.717, 1.165) is 21.7 Å². The largest absolute Gasteiger partial charge is 0.325 e. The van der Waals surface area contributed by atoms with Gasteiger partial charge in [0.05, 0.1) is 5.25 Å². The maximum Gasteiger partial charge on any atom is 0.237 e. The third-order valence-corrected chi connectivity index (χ3v) is 4.35. The average molecular weight is 320 g/mol. The Balaban J connectivity index is 2.00. The minimum atomic E-state index is -0.174. The Morgan fingerprint density at radius 2 is 1.67 bits per heavy atom. The van der Waals surface area contributed by atoms with Crippen molar-refractivity contribution >= 4 is 35.0 Å². The molecule has 0 saturated carbocycles. The van der Waals surface area contributed by atoms with Crippen LogP contribution in [0.4, 0.5) is 5.69 Å². The van der Waals surface area contributed by atoms with Crippen molar-refractivity contribution in [2.45, 2.75) is 30.9 Å². The van der Waals surface area contributed by atoms with Crippen LogP contribution in [0, 0.1) is 13.8 Å². The number of hydrogen-bond acceptors (Lipinski definition) is 2. The molecule has 1 N–H and O–H groups in total. The lowest BCUT2D eigenvalue weighted by atomic mass is 10.1. The zero-order valence-corrected chi connectivity index (χ0v) is 13.9. The Morgan fingerprint density at radius 3 is 2.24 bits per heavy atom. The third kappa shape index (κ3) is 4.80. The highest BCUT2D eigenvalue weighted by molar-refractivity contribution is 8.00. The molecule has 110 valence electrons. The second-order valence-corrected chi connectivity index (χ2v) is 6.93. The smallest absolute Gasteiger partial charge is 0.237 e. The lowest BCUT2D eigenvalue weighted by Crippen LogP contribution is -2.22. The van der Waals surface area contributed by atoms with E-state index in [9.17, 15) is 4.79 Å². The SMILES string of the molecule is Cc1cc(C)cc(NC(=O)C(C)Sc2ccc(Cl)cc2)c1. The molecule has 2 rings (SSSR count). The number of carbonyl (C=O) groups excluding carboxylic acids is 1. The van der Waals surface area contributed by atoms with Crippen molar-refractivity contribution in [3.63, 3.8) is 0 Å². The molecule has 0 bridgehead atoms. The van der Waals surface area contributed by atoms with E-state index < -0.39 is 0 Å². The van der Waals surface area contributed by atoms with Gasteiger partial charge in [0.25, 0.3) is 0 Å². The van der Waals surface area contributed by atoms with Crippen molar-refractivity contribution in [2.24, 2.45) is 0 Å². The zero-order chi connectivity index (χ0) is 15.4. The second-order valence-electron chi connectivity index (χ2n) is 5.08. The summed E-state index contributed by atoms with van der Waals surface area (Å²) in [6, 6.07) is 13.6. The van der Waals surface area contributed by atoms with E-state index in [0.29, 0.717) is 5.02 Å². The van der Waals surface area contributed by atoms with E-state index in [1.165, 1.54) is 11.8 Å². The van der Waals surface area contributed by atoms with Crippen LogP contribution >= 0.6 is 23.4 Å². The number of thioether (sulfide) groups is 1. The first-order chi connectivity index (χ1) is 9.94. The molecule has 2 nitrogen and oxygen atoms in total. The van der Waals surface area contributed by atoms with Crippen LogP contribution in [0.1, 0.15) is 18.1 Å². The van der Waals surface area contributed by atoms with Gasteiger partial charge in [0.1, 0.15) is 0 Å². The first-order valence-electron chi connectivity index (χ1n) is 6.75. The molecule has 0 aliphatic carbocycles. The van der Waals surface area contributed by atoms with Crippen LogP contribution in [-0.2, 0) is 4.79 Å². The van der Waals surface area contributed by atoms with E-state index in [1.807, 2.05) is 57.2 Å². The number of aryl methyl sites for hydroxylation is 2. The normalized spacial score (nSPS) is 12.0. The molecule has 0 aliphatic rings. The lowest BCUT2D eigenvalue weighted by molar-refractivity contribution is -0.115. The zero-order valence-electron chi connectivity index (χ0n) is 12.3. The summed E-state index contributed by atoms with van der Waals surface area (Å²) in [6.07, 6.45) is 0. The monoisotopic (exact) mass is 319 g/mol. The highest BCUT2D eigenvalue weighted by atomic mass is 35.5. The van der Waals surface area contributed by atoms with Crippen LogP contribution in [0.25, 0.3) is 0 Å². The molecule has 0 radical (unpaired) electrons. The predicted molar refractivity (Wildman–Crippen MR) is 91.3 cm³/mol. The molecule has 0 heterocycles. The third-order valence-electron chi connectivity index (χ3n) is 2.98. The van der Waals surface area contributed by atoms with Crippen molar-refractivity contribution in [2.75, 3.05) is 5.32 Å². The molecule has 0 saturated heterocycles. The van der Waals surface area contributed by atoms with E-state index in [2.05, 4.69) is 11.4 Å². The van der Waals surface area contributed by atoms with E-state index >= 15 is 0 Å². The van der Waals surface area contributed by atoms with Crippen LogP contribution in [0.3, 0.4) is 0 Å². The molecule has 0 aromatic heterocycles. The van der Waals surface area contributed by atoms with Crippen LogP contribution < -0.4 is 5.32 Å². The number of carbonyl (C=O) groups is 1. The summed E-state index contributed by atoms with van der Waals surface area (Å²) in [5, 5.41) is 3.50. The lowest BCUT2D eigenvalue weighted by Gasteiger charge is -2.13. The highest BCUT2D eigenvalue weighted by Gasteiger charge is 2.14. The molecule has 0 spiro atoms. The van der Waals surface area contributed by atoms with Gasteiger partial charge in [0.2, 0.25) is 5.91 Å². The van der Waals surface area contributed by atoms with Crippen molar-refractivity contribution < 1.29 is 4.79 Å². The van der Waals surface area contributed by atoms with Gasteiger partial charge in [-0.2, -0.15) is 0 Å². The number of nitrogens with one attached hydrogen (secondary N) is 1. The van der Waals surface area contributed by atoms with Gasteiger partial charge >= 0.3 is 0 Å². The topological polar surface area (TPSA) is 29.1 Å². The molecule has 1 atom stereocenters. The summed E-state index contributed by atoms with van der Waals surface area (Å²) in [4.78, 5) is 13.3. The maximum absolute atomic E-state index is 12.2. The van der Waals surface area contributed by atoms with Gasteiger partial charge in [-0.25, -0.2) is 0 Å². The minimum Gasteiger partial charge on any atom is -0.325 e. The molecule has 2 aromatic carbocycles. The van der Waals surface area contributed by atoms with Crippen molar-refractivity contribution in [3.05, 3.63) is 58.6 Å². The summed E-state index contributed by atoms with van der Waals surface area (Å²) in [5.41, 5.74) is 3.13. The minimum absolute atomic E-state index is 0.0000463. The first-order valence-corrected chi connectivity index (χ1v) is 8.01. The fourth-order valence-electron chi connectivity index (χ4n) is 2.06. The summed E-state index contributed by atoms with van der Waals surface area (Å²) in [7, 11) is 0. The molecule has 0 fully saturated rings. The van der Waals surface area contributed by atoms with E-state index in [-0.39, 0.29) is 11.2 Å². The summed E-state index contributed by atoms with van der Waals surface area (Å²) in [5.74, 6) is -0.0000463. The Labute approximate surface area is 134 Å². The number of hydrogen-bond donors (Lipinski definition) is 1. The van der Waals surface area contributed by atoms with Crippen LogP contribution in [-0.4, -0.2) is 11.2 Å². The number of anilines is 1. The van der Waals surface area contributed by atoms with E-state index in [1.54, 1.807) is 0 Å². The number of halogens is 1. The van der Waals surface area contributed by atoms with Gasteiger partial charge in [-0.1, -0.05) is 17.7 Å². The first kappa shape index (κ1) is 15.9. The van der Waals surface area contributed by atoms with Gasteiger partial charge in [-0.3, -0.25) is 4.79 Å². The Bertz CT molecular complexity index is 619. The Morgan fingerprint density at radius 1 is 1.10 bits per heavy atom. The molecule has 2 aromatic rings. The van der Waals surface area contributed by atoms with Gasteiger partial charge in [-0.05, 0) is 68.3 Å². The predicted octanol–water partition coefficient (Wildman–Crippen LogP) is 5.08. The quantitative estimate of drug-likeness (QED) is 0.796. The highest BCUT2D eigenvalue weighted by Crippen LogP contribution is 2.25. The van der Waals surface area contributed by atoms with Crippen molar-refractivity contribution in [3.8, 4) is 0 Å². The molecular weight excluding hydrogens is 302 g/mol. The van der Waals surface area contributed by atoms with Gasteiger partial charge < -0.3 is 5.32 Å². The Hall–Kier alpha value is -1.45. The van der Waals surface area contributed by atoms with Crippen molar-refractivity contribution in [1.82, 2.24) is 0 Å². The number of rotatable bonds is 4. The van der Waals surface area contributed by atoms with Gasteiger partial charge in [-0.15, -0.1) is 11.8 Å². The molecular formula is C17H18ClNOS. The molecule has 1 amide bonds. The fraction of sp³-hybridized carbons (Fsp3) is 0.235. The standard InChI is InChI=1S/C17H18ClNOS/c1-11-8-12(2)10-15(9-11)19-17(20)13(3)21-16-6-4-14(18)5-7-16/h4-10,13H,1-3H3,(H,19,20). The second kappa shape index (κ2) is 7.01. The molecule has 1 unspecified atom stereocenters. The number of amides is 1. The van der Waals surface area contributed by atoms with Crippen LogP contribution in [0.15, 0.2) is 47.4 Å². The maximum atomic E-state index is 12.2. The van der Waals surface area contributed by atoms with Crippen molar-refractivity contribution in [1.29, 1.82) is 0 Å². The fourth-order valence-corrected chi connectivity index (χ4v) is 3.05. The number of benzene rings is 2. The van der Waals surface area contributed by atoms with Crippen LogP contribution in [0.5, 0.6) is 0 Å². The summed E-state index contributed by atoms with van der Waals surface area (Å²) in [6.45, 7) is 5.94.